The molecule has 0 saturated carbocycles. The molecule has 3 aromatic rings. The van der Waals surface area contributed by atoms with Crippen LogP contribution in [0.3, 0.4) is 0 Å². The SMILES string of the molecule is Cc1cc(Nc2ncn(-c3cc(F)cc(F)c3)n2)cc(N2CCN(C3CSC3)CC2)c1. The molecular weight excluding hydrogens is 418 g/mol. The number of aromatic nitrogens is 3. The van der Waals surface area contributed by atoms with Gasteiger partial charge in [0.25, 0.3) is 0 Å². The van der Waals surface area contributed by atoms with Gasteiger partial charge in [-0.15, -0.1) is 5.10 Å². The van der Waals surface area contributed by atoms with Crippen molar-refractivity contribution in [3.63, 3.8) is 0 Å². The number of thioether (sulfide) groups is 1. The number of anilines is 3. The Morgan fingerprint density at radius 3 is 2.35 bits per heavy atom. The molecule has 0 bridgehead atoms. The van der Waals surface area contributed by atoms with E-state index in [1.165, 1.54) is 40.3 Å². The highest BCUT2D eigenvalue weighted by atomic mass is 32.2. The fraction of sp³-hybridized carbons (Fsp3) is 0.364. The van der Waals surface area contributed by atoms with Crippen molar-refractivity contribution >= 4 is 29.1 Å². The molecule has 162 valence electrons. The molecule has 0 amide bonds. The summed E-state index contributed by atoms with van der Waals surface area (Å²) in [7, 11) is 0. The molecule has 9 heteroatoms. The third-order valence-electron chi connectivity index (χ3n) is 5.74. The van der Waals surface area contributed by atoms with Gasteiger partial charge in [-0.1, -0.05) is 0 Å². The van der Waals surface area contributed by atoms with Crippen LogP contribution in [-0.2, 0) is 0 Å². The predicted molar refractivity (Wildman–Crippen MR) is 121 cm³/mol. The third-order valence-corrected chi connectivity index (χ3v) is 6.98. The molecule has 0 spiro atoms. The van der Waals surface area contributed by atoms with Gasteiger partial charge >= 0.3 is 0 Å². The Morgan fingerprint density at radius 2 is 1.68 bits per heavy atom. The van der Waals surface area contributed by atoms with Crippen LogP contribution in [0.5, 0.6) is 0 Å². The first-order chi connectivity index (χ1) is 15.0. The van der Waals surface area contributed by atoms with Gasteiger partial charge in [0, 0.05) is 61.2 Å². The lowest BCUT2D eigenvalue weighted by Gasteiger charge is -2.43. The lowest BCUT2D eigenvalue weighted by atomic mass is 10.1. The molecule has 2 fully saturated rings. The number of halogens is 2. The first-order valence-corrected chi connectivity index (χ1v) is 11.5. The lowest BCUT2D eigenvalue weighted by molar-refractivity contribution is 0.208. The summed E-state index contributed by atoms with van der Waals surface area (Å²) in [5.74, 6) is 1.59. The van der Waals surface area contributed by atoms with E-state index in [2.05, 4.69) is 44.3 Å². The fourth-order valence-corrected chi connectivity index (χ4v) is 4.91. The van der Waals surface area contributed by atoms with Gasteiger partial charge in [-0.3, -0.25) is 4.90 Å². The molecule has 2 aliphatic rings. The van der Waals surface area contributed by atoms with E-state index in [1.54, 1.807) is 0 Å². The van der Waals surface area contributed by atoms with Crippen LogP contribution < -0.4 is 10.2 Å². The van der Waals surface area contributed by atoms with Crippen molar-refractivity contribution in [1.29, 1.82) is 0 Å². The Balaban J connectivity index is 1.29. The molecule has 0 radical (unpaired) electrons. The molecule has 2 aliphatic heterocycles. The number of benzene rings is 2. The van der Waals surface area contributed by atoms with E-state index < -0.39 is 11.6 Å². The highest BCUT2D eigenvalue weighted by molar-refractivity contribution is 8.00. The number of aryl methyl sites for hydroxylation is 1. The summed E-state index contributed by atoms with van der Waals surface area (Å²) in [6.07, 6.45) is 1.44. The summed E-state index contributed by atoms with van der Waals surface area (Å²) < 4.78 is 28.3. The minimum absolute atomic E-state index is 0.283. The zero-order valence-corrected chi connectivity index (χ0v) is 18.1. The number of rotatable bonds is 5. The molecular formula is C22H24F2N6S. The van der Waals surface area contributed by atoms with E-state index in [4.69, 9.17) is 0 Å². The summed E-state index contributed by atoms with van der Waals surface area (Å²) in [5.41, 5.74) is 3.49. The van der Waals surface area contributed by atoms with Gasteiger partial charge in [-0.2, -0.15) is 16.7 Å². The first-order valence-electron chi connectivity index (χ1n) is 10.4. The van der Waals surface area contributed by atoms with Crippen LogP contribution in [0.25, 0.3) is 5.69 Å². The minimum Gasteiger partial charge on any atom is -0.369 e. The van der Waals surface area contributed by atoms with Crippen molar-refractivity contribution in [3.05, 3.63) is 59.9 Å². The molecule has 1 N–H and O–H groups in total. The zero-order valence-electron chi connectivity index (χ0n) is 17.3. The van der Waals surface area contributed by atoms with E-state index in [0.29, 0.717) is 5.95 Å². The van der Waals surface area contributed by atoms with E-state index in [9.17, 15) is 8.78 Å². The van der Waals surface area contributed by atoms with E-state index in [0.717, 1.165) is 49.5 Å². The standard InChI is InChI=1S/C22H24F2N6S/c1-15-6-18(11-19(7-15)28-2-4-29(5-3-28)21-12-31-13-21)26-22-25-14-30(27-22)20-9-16(23)8-17(24)10-20/h6-11,14,21H,2-5,12-13H2,1H3,(H,26,27). The molecule has 2 saturated heterocycles. The van der Waals surface area contributed by atoms with Crippen molar-refractivity contribution in [3.8, 4) is 5.69 Å². The van der Waals surface area contributed by atoms with Crippen LogP contribution in [0.2, 0.25) is 0 Å². The highest BCUT2D eigenvalue weighted by Gasteiger charge is 2.28. The van der Waals surface area contributed by atoms with Crippen molar-refractivity contribution in [2.45, 2.75) is 13.0 Å². The Bertz CT molecular complexity index is 1060. The largest absolute Gasteiger partial charge is 0.369 e. The average molecular weight is 443 g/mol. The first kappa shape index (κ1) is 20.3. The van der Waals surface area contributed by atoms with Gasteiger partial charge in [0.05, 0.1) is 5.69 Å². The second-order valence-electron chi connectivity index (χ2n) is 8.04. The van der Waals surface area contributed by atoms with Gasteiger partial charge in [0.1, 0.15) is 18.0 Å². The topological polar surface area (TPSA) is 49.2 Å². The maximum Gasteiger partial charge on any atom is 0.246 e. The quantitative estimate of drug-likeness (QED) is 0.648. The Morgan fingerprint density at radius 1 is 0.935 bits per heavy atom. The van der Waals surface area contributed by atoms with Gasteiger partial charge in [-0.05, 0) is 42.8 Å². The van der Waals surface area contributed by atoms with Crippen LogP contribution in [-0.4, -0.2) is 63.4 Å². The lowest BCUT2D eigenvalue weighted by Crippen LogP contribution is -2.54. The van der Waals surface area contributed by atoms with Crippen LogP contribution in [0.1, 0.15) is 5.56 Å². The number of nitrogens with zero attached hydrogens (tertiary/aromatic N) is 5. The molecule has 31 heavy (non-hydrogen) atoms. The van der Waals surface area contributed by atoms with Crippen LogP contribution in [0.4, 0.5) is 26.1 Å². The zero-order chi connectivity index (χ0) is 21.4. The third kappa shape index (κ3) is 4.52. The Labute approximate surface area is 184 Å². The Hall–Kier alpha value is -2.65. The molecule has 0 aliphatic carbocycles. The van der Waals surface area contributed by atoms with Gasteiger partial charge < -0.3 is 10.2 Å². The van der Waals surface area contributed by atoms with Gasteiger partial charge in [-0.25, -0.2) is 13.5 Å². The maximum absolute atomic E-state index is 13.5. The van der Waals surface area contributed by atoms with Crippen LogP contribution in [0.15, 0.2) is 42.7 Å². The van der Waals surface area contributed by atoms with Crippen molar-refractivity contribution in [1.82, 2.24) is 19.7 Å². The minimum atomic E-state index is -0.653. The summed E-state index contributed by atoms with van der Waals surface area (Å²) >= 11 is 2.03. The van der Waals surface area contributed by atoms with E-state index >= 15 is 0 Å². The van der Waals surface area contributed by atoms with Crippen molar-refractivity contribution in [2.75, 3.05) is 47.9 Å². The maximum atomic E-state index is 13.5. The second-order valence-corrected chi connectivity index (χ2v) is 9.11. The molecule has 0 unspecified atom stereocenters. The predicted octanol–water partition coefficient (Wildman–Crippen LogP) is 3.83. The normalized spacial score (nSPS) is 17.6. The number of piperazine rings is 1. The summed E-state index contributed by atoms with van der Waals surface area (Å²) in [6, 6.07) is 10.4. The second kappa shape index (κ2) is 8.47. The van der Waals surface area contributed by atoms with E-state index in [1.807, 2.05) is 17.8 Å². The van der Waals surface area contributed by atoms with Crippen molar-refractivity contribution in [2.24, 2.45) is 0 Å². The fourth-order valence-electron chi connectivity index (χ4n) is 4.04. The van der Waals surface area contributed by atoms with Crippen molar-refractivity contribution < 1.29 is 8.78 Å². The number of hydrogen-bond acceptors (Lipinski definition) is 6. The number of hydrogen-bond donors (Lipinski definition) is 1. The summed E-state index contributed by atoms with van der Waals surface area (Å²) in [5, 5.41) is 7.53. The van der Waals surface area contributed by atoms with Crippen LogP contribution in [0, 0.1) is 18.6 Å². The molecule has 6 nitrogen and oxygen atoms in total. The smallest absolute Gasteiger partial charge is 0.246 e. The van der Waals surface area contributed by atoms with Gasteiger partial charge in [0.2, 0.25) is 5.95 Å². The molecule has 2 aromatic carbocycles. The summed E-state index contributed by atoms with van der Waals surface area (Å²) in [6.45, 7) is 6.29. The van der Waals surface area contributed by atoms with Gasteiger partial charge in [0.15, 0.2) is 0 Å². The number of nitrogens with one attached hydrogen (secondary N) is 1. The average Bonchev–Trinajstić information content (AvgIpc) is 3.14. The monoisotopic (exact) mass is 442 g/mol. The molecule has 1 aromatic heterocycles. The molecule has 0 atom stereocenters. The van der Waals surface area contributed by atoms with E-state index in [-0.39, 0.29) is 5.69 Å². The molecule has 3 heterocycles. The molecule has 5 rings (SSSR count). The van der Waals surface area contributed by atoms with Crippen LogP contribution >= 0.6 is 11.8 Å². The summed E-state index contributed by atoms with van der Waals surface area (Å²) in [4.78, 5) is 9.26. The highest BCUT2D eigenvalue weighted by Crippen LogP contribution is 2.28. The Kier molecular flexibility index (Phi) is 5.54.